The molecule has 63 heavy (non-hydrogen) atoms. The van der Waals surface area contributed by atoms with E-state index in [0.717, 1.165) is 22.6 Å². The molecule has 294 valence electrons. The van der Waals surface area contributed by atoms with Crippen molar-refractivity contribution in [3.8, 4) is 33.5 Å². The molecule has 0 saturated carbocycles. The van der Waals surface area contributed by atoms with Crippen LogP contribution in [0.25, 0.3) is 102 Å². The lowest BCUT2D eigenvalue weighted by Gasteiger charge is -2.26. The Morgan fingerprint density at radius 3 is 1.71 bits per heavy atom. The van der Waals surface area contributed by atoms with Crippen LogP contribution in [0.2, 0.25) is 0 Å². The number of hydrogen-bond acceptors (Lipinski definition) is 2. The molecular weight excluding hydrogens is 781 g/mol. The van der Waals surface area contributed by atoms with Crippen LogP contribution in [-0.2, 0) is 0 Å². The van der Waals surface area contributed by atoms with Crippen LogP contribution in [0.3, 0.4) is 0 Å². The Kier molecular flexibility index (Phi) is 8.12. The average molecular weight is 819 g/mol. The minimum Gasteiger partial charge on any atom is -0.309 e. The molecule has 0 atom stereocenters. The van der Waals surface area contributed by atoms with Crippen LogP contribution in [0.4, 0.5) is 17.1 Å². The number of anilines is 3. The van der Waals surface area contributed by atoms with Crippen LogP contribution in [0.5, 0.6) is 0 Å². The number of thiophene rings is 1. The standard InChI is InChI=1S/C60H38N2S/c1-2-16-42(17-3-1)57-54-28-14-27-53(62(54)59-51-24-9-7-21-48(51)47-20-6-8-23-50(47)58(57)59)41-33-37-44(38-34-41)61(55-29-13-26-52-49-22-10-11-30-56(49)63-60(52)55)43-35-31-40(32-36-43)46-25-12-18-39-15-4-5-19-45(39)46/h1-38H. The molecule has 10 aromatic carbocycles. The zero-order valence-corrected chi connectivity index (χ0v) is 35.1. The van der Waals surface area contributed by atoms with Crippen molar-refractivity contribution < 1.29 is 0 Å². The molecule has 3 heteroatoms. The summed E-state index contributed by atoms with van der Waals surface area (Å²) in [5, 5.41) is 11.4. The van der Waals surface area contributed by atoms with E-state index in [4.69, 9.17) is 0 Å². The summed E-state index contributed by atoms with van der Waals surface area (Å²) in [6.07, 6.45) is 0. The first-order valence-electron chi connectivity index (χ1n) is 21.6. The van der Waals surface area contributed by atoms with Crippen molar-refractivity contribution in [2.24, 2.45) is 0 Å². The molecule has 0 aliphatic rings. The van der Waals surface area contributed by atoms with Gasteiger partial charge in [-0.3, -0.25) is 0 Å². The number of aromatic nitrogens is 1. The number of benzene rings is 10. The van der Waals surface area contributed by atoms with E-state index in [9.17, 15) is 0 Å². The van der Waals surface area contributed by atoms with E-state index in [2.05, 4.69) is 240 Å². The van der Waals surface area contributed by atoms with Gasteiger partial charge in [-0.25, -0.2) is 0 Å². The molecule has 3 heterocycles. The van der Waals surface area contributed by atoms with E-state index in [1.54, 1.807) is 0 Å². The van der Waals surface area contributed by atoms with Gasteiger partial charge in [-0.15, -0.1) is 11.3 Å². The summed E-state index contributed by atoms with van der Waals surface area (Å²) in [4.78, 5) is 2.44. The van der Waals surface area contributed by atoms with Gasteiger partial charge in [0.25, 0.3) is 0 Å². The maximum Gasteiger partial charge on any atom is 0.0640 e. The molecule has 0 spiro atoms. The zero-order chi connectivity index (χ0) is 41.4. The molecule has 3 aromatic heterocycles. The summed E-state index contributed by atoms with van der Waals surface area (Å²) >= 11 is 1.87. The maximum absolute atomic E-state index is 2.52. The zero-order valence-electron chi connectivity index (χ0n) is 34.2. The van der Waals surface area contributed by atoms with Crippen LogP contribution in [0.1, 0.15) is 0 Å². The SMILES string of the molecule is c1ccc(-c2c3c4ccccc4c4ccccc4c3n3c(-c4ccc(N(c5ccc(-c6cccc7ccccc67)cc5)c5cccc6c5sc5ccccc56)cc4)cccc23)cc1. The van der Waals surface area contributed by atoms with Crippen molar-refractivity contribution in [3.05, 3.63) is 231 Å². The van der Waals surface area contributed by atoms with Gasteiger partial charge in [-0.2, -0.15) is 0 Å². The van der Waals surface area contributed by atoms with Crippen molar-refractivity contribution in [1.29, 1.82) is 0 Å². The highest BCUT2D eigenvalue weighted by Gasteiger charge is 2.23. The lowest BCUT2D eigenvalue weighted by molar-refractivity contribution is 1.26. The monoisotopic (exact) mass is 818 g/mol. The first kappa shape index (κ1) is 35.7. The minimum absolute atomic E-state index is 1.10. The second-order valence-corrected chi connectivity index (χ2v) is 17.4. The predicted octanol–water partition coefficient (Wildman–Crippen LogP) is 17.4. The Morgan fingerprint density at radius 2 is 0.937 bits per heavy atom. The van der Waals surface area contributed by atoms with Gasteiger partial charge in [0.2, 0.25) is 0 Å². The Bertz CT molecular complexity index is 3890. The van der Waals surface area contributed by atoms with E-state index in [1.807, 2.05) is 11.3 Å². The van der Waals surface area contributed by atoms with E-state index in [1.165, 1.54) is 96.9 Å². The van der Waals surface area contributed by atoms with Crippen LogP contribution in [-0.4, -0.2) is 4.40 Å². The Balaban J connectivity index is 1.02. The number of rotatable bonds is 6. The molecule has 13 aromatic rings. The highest BCUT2D eigenvalue weighted by atomic mass is 32.1. The second kappa shape index (κ2) is 14.3. The summed E-state index contributed by atoms with van der Waals surface area (Å²) in [6, 6.07) is 84.6. The fourth-order valence-corrected chi connectivity index (χ4v) is 11.4. The van der Waals surface area contributed by atoms with Crippen LogP contribution >= 0.6 is 11.3 Å². The number of nitrogens with zero attached hydrogens (tertiary/aromatic N) is 2. The molecular formula is C60H38N2S. The molecule has 0 amide bonds. The largest absolute Gasteiger partial charge is 0.309 e. The highest BCUT2D eigenvalue weighted by molar-refractivity contribution is 7.26. The first-order chi connectivity index (χ1) is 31.3. The van der Waals surface area contributed by atoms with Crippen LogP contribution < -0.4 is 4.90 Å². The molecule has 0 saturated heterocycles. The van der Waals surface area contributed by atoms with E-state index < -0.39 is 0 Å². The van der Waals surface area contributed by atoms with Crippen molar-refractivity contribution in [3.63, 3.8) is 0 Å². The highest BCUT2D eigenvalue weighted by Crippen LogP contribution is 2.48. The third-order valence-electron chi connectivity index (χ3n) is 13.0. The van der Waals surface area contributed by atoms with Crippen molar-refractivity contribution in [2.45, 2.75) is 0 Å². The van der Waals surface area contributed by atoms with Gasteiger partial charge in [0.15, 0.2) is 0 Å². The molecule has 0 unspecified atom stereocenters. The lowest BCUT2D eigenvalue weighted by Crippen LogP contribution is -2.10. The van der Waals surface area contributed by atoms with E-state index in [-0.39, 0.29) is 0 Å². The minimum atomic E-state index is 1.10. The summed E-state index contributed by atoms with van der Waals surface area (Å²) < 4.78 is 5.09. The lowest BCUT2D eigenvalue weighted by atomic mass is 9.94. The number of fused-ring (bicyclic) bond motifs is 12. The number of pyridine rings is 1. The van der Waals surface area contributed by atoms with Gasteiger partial charge >= 0.3 is 0 Å². The number of hydrogen-bond donors (Lipinski definition) is 0. The summed E-state index contributed by atoms with van der Waals surface area (Å²) in [5.74, 6) is 0. The quantitative estimate of drug-likeness (QED) is 0.152. The summed E-state index contributed by atoms with van der Waals surface area (Å²) in [5.41, 5.74) is 13.1. The molecule has 0 aliphatic heterocycles. The molecule has 2 nitrogen and oxygen atoms in total. The fourth-order valence-electron chi connectivity index (χ4n) is 10.2. The van der Waals surface area contributed by atoms with Gasteiger partial charge in [-0.1, -0.05) is 182 Å². The Labute approximate surface area is 368 Å². The van der Waals surface area contributed by atoms with Gasteiger partial charge in [0, 0.05) is 43.2 Å². The van der Waals surface area contributed by atoms with Gasteiger partial charge in [-0.05, 0) is 97.7 Å². The average Bonchev–Trinajstić information content (AvgIpc) is 3.92. The van der Waals surface area contributed by atoms with E-state index in [0.29, 0.717) is 0 Å². The topological polar surface area (TPSA) is 7.65 Å². The van der Waals surface area contributed by atoms with Crippen LogP contribution in [0, 0.1) is 0 Å². The first-order valence-corrected chi connectivity index (χ1v) is 22.4. The Hall–Kier alpha value is -7.98. The molecule has 0 aliphatic carbocycles. The normalized spacial score (nSPS) is 11.8. The maximum atomic E-state index is 2.52. The third-order valence-corrected chi connectivity index (χ3v) is 14.2. The summed E-state index contributed by atoms with van der Waals surface area (Å²) in [7, 11) is 0. The van der Waals surface area contributed by atoms with Crippen molar-refractivity contribution in [2.75, 3.05) is 4.90 Å². The molecule has 13 rings (SSSR count). The van der Waals surface area contributed by atoms with E-state index >= 15 is 0 Å². The van der Waals surface area contributed by atoms with Gasteiger partial charge in [0.1, 0.15) is 0 Å². The van der Waals surface area contributed by atoms with Gasteiger partial charge < -0.3 is 9.30 Å². The van der Waals surface area contributed by atoms with Gasteiger partial charge in [0.05, 0.1) is 27.1 Å². The molecule has 0 bridgehead atoms. The third kappa shape index (κ3) is 5.57. The second-order valence-electron chi connectivity index (χ2n) is 16.4. The van der Waals surface area contributed by atoms with Crippen molar-refractivity contribution in [1.82, 2.24) is 4.40 Å². The summed E-state index contributed by atoms with van der Waals surface area (Å²) in [6.45, 7) is 0. The molecule has 0 fully saturated rings. The molecule has 0 radical (unpaired) electrons. The Morgan fingerprint density at radius 1 is 0.365 bits per heavy atom. The van der Waals surface area contributed by atoms with Crippen molar-refractivity contribution >= 4 is 97.3 Å². The predicted molar refractivity (Wildman–Crippen MR) is 271 cm³/mol. The molecule has 0 N–H and O–H groups in total. The smallest absolute Gasteiger partial charge is 0.0640 e. The van der Waals surface area contributed by atoms with Crippen LogP contribution in [0.15, 0.2) is 231 Å². The fraction of sp³-hybridized carbons (Fsp3) is 0.